The minimum Gasteiger partial charge on any atom is -0.497 e. The summed E-state index contributed by atoms with van der Waals surface area (Å²) in [4.78, 5) is 19.0. The molecule has 1 aliphatic heterocycles. The number of aliphatic imine (C=N–C) groups is 1. The van der Waals surface area contributed by atoms with Crippen LogP contribution < -0.4 is 4.74 Å². The molecule has 0 unspecified atom stereocenters. The average Bonchev–Trinajstić information content (AvgIpc) is 3.17. The van der Waals surface area contributed by atoms with Gasteiger partial charge in [0.05, 0.1) is 31.1 Å². The van der Waals surface area contributed by atoms with Crippen LogP contribution in [-0.4, -0.2) is 46.8 Å². The average molecular weight is 414 g/mol. The first-order valence-corrected chi connectivity index (χ1v) is 10.8. The van der Waals surface area contributed by atoms with Crippen LogP contribution >= 0.6 is 0 Å². The van der Waals surface area contributed by atoms with Crippen LogP contribution in [0.2, 0.25) is 0 Å². The summed E-state index contributed by atoms with van der Waals surface area (Å²) in [6, 6.07) is 10.8. The van der Waals surface area contributed by atoms with Crippen molar-refractivity contribution in [3.8, 4) is 16.9 Å². The van der Waals surface area contributed by atoms with Crippen LogP contribution in [0.25, 0.3) is 33.1 Å². The number of piperidine rings is 1. The van der Waals surface area contributed by atoms with E-state index >= 15 is 0 Å². The van der Waals surface area contributed by atoms with Crippen LogP contribution in [0.3, 0.4) is 0 Å². The van der Waals surface area contributed by atoms with E-state index < -0.39 is 0 Å². The number of rotatable bonds is 6. The molecule has 4 heterocycles. The van der Waals surface area contributed by atoms with Crippen LogP contribution in [0.15, 0.2) is 47.7 Å². The zero-order valence-electron chi connectivity index (χ0n) is 17.9. The highest BCUT2D eigenvalue weighted by Gasteiger charge is 2.14. The van der Waals surface area contributed by atoms with E-state index in [0.717, 1.165) is 51.1 Å². The first-order valence-electron chi connectivity index (χ1n) is 10.8. The number of fused-ring (bicyclic) bond motifs is 3. The zero-order valence-corrected chi connectivity index (χ0v) is 17.9. The second-order valence-electron chi connectivity index (χ2n) is 8.25. The Labute approximate surface area is 182 Å². The minimum absolute atomic E-state index is 0.505. The van der Waals surface area contributed by atoms with E-state index in [4.69, 9.17) is 9.72 Å². The monoisotopic (exact) mass is 413 g/mol. The van der Waals surface area contributed by atoms with Gasteiger partial charge in [-0.3, -0.25) is 14.9 Å². The number of likely N-dealkylation sites (tertiary alicyclic amines) is 1. The SMILES string of the molecule is C=NCc1cc2c(cn1)[nH]c1ncc(-c3cc(CN4CCCCC4)cc(OC)c3)cc12. The molecule has 0 bridgehead atoms. The highest BCUT2D eigenvalue weighted by atomic mass is 16.5. The topological polar surface area (TPSA) is 66.4 Å². The predicted molar refractivity (Wildman–Crippen MR) is 126 cm³/mol. The number of hydrogen-bond donors (Lipinski definition) is 1. The number of H-pyrrole nitrogens is 1. The third kappa shape index (κ3) is 4.03. The molecule has 0 aliphatic carbocycles. The van der Waals surface area contributed by atoms with Crippen LogP contribution in [0.4, 0.5) is 0 Å². The van der Waals surface area contributed by atoms with Crippen LogP contribution in [0.5, 0.6) is 5.75 Å². The molecule has 158 valence electrons. The highest BCUT2D eigenvalue weighted by Crippen LogP contribution is 2.31. The van der Waals surface area contributed by atoms with Crippen molar-refractivity contribution in [2.75, 3.05) is 20.2 Å². The Kier molecular flexibility index (Phi) is 5.38. The molecule has 1 fully saturated rings. The van der Waals surface area contributed by atoms with Crippen molar-refractivity contribution in [2.45, 2.75) is 32.4 Å². The summed E-state index contributed by atoms with van der Waals surface area (Å²) in [6.07, 6.45) is 7.69. The Bertz CT molecular complexity index is 1240. The second-order valence-corrected chi connectivity index (χ2v) is 8.25. The molecule has 0 amide bonds. The third-order valence-electron chi connectivity index (χ3n) is 6.06. The lowest BCUT2D eigenvalue weighted by atomic mass is 10.0. The van der Waals surface area contributed by atoms with Crippen LogP contribution in [0.1, 0.15) is 30.5 Å². The summed E-state index contributed by atoms with van der Waals surface area (Å²) in [6.45, 7) is 7.38. The van der Waals surface area contributed by atoms with Gasteiger partial charge in [-0.1, -0.05) is 6.42 Å². The maximum atomic E-state index is 5.62. The predicted octanol–water partition coefficient (Wildman–Crippen LogP) is 4.97. The number of hydrogen-bond acceptors (Lipinski definition) is 5. The summed E-state index contributed by atoms with van der Waals surface area (Å²) >= 11 is 0. The molecule has 4 aromatic rings. The van der Waals surface area contributed by atoms with Gasteiger partial charge in [0, 0.05) is 29.1 Å². The molecule has 0 saturated carbocycles. The van der Waals surface area contributed by atoms with Gasteiger partial charge in [-0.25, -0.2) is 4.98 Å². The normalized spacial score (nSPS) is 14.9. The molecule has 0 spiro atoms. The quantitative estimate of drug-likeness (QED) is 0.453. The van der Waals surface area contributed by atoms with Gasteiger partial charge in [-0.15, -0.1) is 0 Å². The molecule has 3 aromatic heterocycles. The van der Waals surface area contributed by atoms with Crippen molar-refractivity contribution in [3.63, 3.8) is 0 Å². The number of aromatic amines is 1. The van der Waals surface area contributed by atoms with E-state index in [2.05, 4.69) is 56.9 Å². The molecule has 0 atom stereocenters. The van der Waals surface area contributed by atoms with E-state index in [-0.39, 0.29) is 0 Å². The number of nitrogens with one attached hydrogen (secondary N) is 1. The van der Waals surface area contributed by atoms with E-state index in [0.29, 0.717) is 6.54 Å². The van der Waals surface area contributed by atoms with E-state index in [1.807, 2.05) is 12.4 Å². The van der Waals surface area contributed by atoms with E-state index in [1.54, 1.807) is 7.11 Å². The molecule has 1 saturated heterocycles. The number of nitrogens with zero attached hydrogens (tertiary/aromatic N) is 4. The first-order chi connectivity index (χ1) is 15.2. The molecule has 6 heteroatoms. The molecule has 1 aromatic carbocycles. The number of methoxy groups -OCH3 is 1. The lowest BCUT2D eigenvalue weighted by Gasteiger charge is -2.26. The van der Waals surface area contributed by atoms with Gasteiger partial charge in [0.25, 0.3) is 0 Å². The van der Waals surface area contributed by atoms with Gasteiger partial charge in [0.2, 0.25) is 0 Å². The van der Waals surface area contributed by atoms with E-state index in [1.165, 1.54) is 37.9 Å². The molecule has 6 nitrogen and oxygen atoms in total. The third-order valence-corrected chi connectivity index (χ3v) is 6.06. The number of ether oxygens (including phenoxy) is 1. The van der Waals surface area contributed by atoms with E-state index in [9.17, 15) is 0 Å². The number of aromatic nitrogens is 3. The Hall–Kier alpha value is -3.25. The Balaban J connectivity index is 1.55. The molecule has 0 radical (unpaired) electrons. The van der Waals surface area contributed by atoms with Crippen molar-refractivity contribution >= 4 is 28.7 Å². The Morgan fingerprint density at radius 1 is 1.00 bits per heavy atom. The van der Waals surface area contributed by atoms with Gasteiger partial charge in [0.1, 0.15) is 11.4 Å². The molecular formula is C25H27N5O. The fourth-order valence-electron chi connectivity index (χ4n) is 4.49. The molecular weight excluding hydrogens is 386 g/mol. The smallest absolute Gasteiger partial charge is 0.138 e. The summed E-state index contributed by atoms with van der Waals surface area (Å²) in [5.41, 5.74) is 6.21. The van der Waals surface area contributed by atoms with Gasteiger partial charge in [0.15, 0.2) is 0 Å². The lowest BCUT2D eigenvalue weighted by Crippen LogP contribution is -2.29. The Morgan fingerprint density at radius 2 is 1.87 bits per heavy atom. The fourth-order valence-corrected chi connectivity index (χ4v) is 4.49. The maximum absolute atomic E-state index is 5.62. The molecule has 5 rings (SSSR count). The van der Waals surface area contributed by atoms with Gasteiger partial charge >= 0.3 is 0 Å². The highest BCUT2D eigenvalue weighted by molar-refractivity contribution is 6.06. The zero-order chi connectivity index (χ0) is 21.2. The van der Waals surface area contributed by atoms with Crippen molar-refractivity contribution in [2.24, 2.45) is 4.99 Å². The van der Waals surface area contributed by atoms with Crippen LogP contribution in [-0.2, 0) is 13.1 Å². The minimum atomic E-state index is 0.505. The van der Waals surface area contributed by atoms with Crippen molar-refractivity contribution in [3.05, 3.63) is 54.0 Å². The summed E-state index contributed by atoms with van der Waals surface area (Å²) < 4.78 is 5.62. The molecule has 31 heavy (non-hydrogen) atoms. The lowest BCUT2D eigenvalue weighted by molar-refractivity contribution is 0.220. The maximum Gasteiger partial charge on any atom is 0.138 e. The fraction of sp³-hybridized carbons (Fsp3) is 0.320. The van der Waals surface area contributed by atoms with Gasteiger partial charge in [-0.05, 0) is 74.1 Å². The Morgan fingerprint density at radius 3 is 2.68 bits per heavy atom. The second kappa shape index (κ2) is 8.47. The van der Waals surface area contributed by atoms with Gasteiger partial charge in [-0.2, -0.15) is 0 Å². The summed E-state index contributed by atoms with van der Waals surface area (Å²) in [5, 5.41) is 2.19. The summed E-state index contributed by atoms with van der Waals surface area (Å²) in [5.74, 6) is 0.882. The van der Waals surface area contributed by atoms with Crippen molar-refractivity contribution in [1.82, 2.24) is 19.9 Å². The summed E-state index contributed by atoms with van der Waals surface area (Å²) in [7, 11) is 1.73. The largest absolute Gasteiger partial charge is 0.497 e. The standard InChI is InChI=1S/C25H27N5O/c1-26-14-20-12-22-23-11-19(13-28-25(23)29-24(22)15-27-20)18-8-17(9-21(10-18)31-2)16-30-6-4-3-5-7-30/h8-13,15H,1,3-7,14,16H2,2H3,(H,28,29). The first kappa shape index (κ1) is 19.7. The molecule has 1 N–H and O–H groups in total. The number of pyridine rings is 2. The van der Waals surface area contributed by atoms with Gasteiger partial charge < -0.3 is 9.72 Å². The molecule has 1 aliphatic rings. The van der Waals surface area contributed by atoms with Crippen molar-refractivity contribution < 1.29 is 4.74 Å². The van der Waals surface area contributed by atoms with Crippen molar-refractivity contribution in [1.29, 1.82) is 0 Å². The van der Waals surface area contributed by atoms with Crippen LogP contribution in [0, 0.1) is 0 Å². The number of benzene rings is 1.